The maximum Gasteiger partial charge on any atom is 0.336 e. The number of benzene rings is 2. The van der Waals surface area contributed by atoms with E-state index in [1.165, 1.54) is 45.6 Å². The predicted octanol–water partition coefficient (Wildman–Crippen LogP) is 3.87. The largest absolute Gasteiger partial charge is 0.493 e. The summed E-state index contributed by atoms with van der Waals surface area (Å²) in [6.45, 7) is 2.83. The van der Waals surface area contributed by atoms with Gasteiger partial charge in [-0.25, -0.2) is 9.59 Å². The molecular weight excluding hydrogens is 522 g/mol. The molecule has 3 rings (SSSR count). The molecule has 2 aromatic carbocycles. The van der Waals surface area contributed by atoms with Gasteiger partial charge in [-0.3, -0.25) is 10.1 Å². The van der Waals surface area contributed by atoms with Gasteiger partial charge in [0.15, 0.2) is 11.5 Å². The summed E-state index contributed by atoms with van der Waals surface area (Å²) < 4.78 is 21.6. The minimum absolute atomic E-state index is 0.0204. The molecule has 2 aromatic rings. The molecule has 0 aromatic heterocycles. The number of non-ortho nitro benzene ring substituents is 1. The van der Waals surface area contributed by atoms with E-state index in [0.29, 0.717) is 28.5 Å². The smallest absolute Gasteiger partial charge is 0.336 e. The normalized spacial score (nSPS) is 15.4. The van der Waals surface area contributed by atoms with E-state index in [1.807, 2.05) is 0 Å². The number of aliphatic carboxylic acids is 1. The van der Waals surface area contributed by atoms with Gasteiger partial charge in [-0.15, -0.1) is 0 Å². The summed E-state index contributed by atoms with van der Waals surface area (Å²) in [5.41, 5.74) is 1.12. The first-order valence-electron chi connectivity index (χ1n) is 12.1. The van der Waals surface area contributed by atoms with E-state index in [0.717, 1.165) is 0 Å². The van der Waals surface area contributed by atoms with Gasteiger partial charge in [0.1, 0.15) is 6.61 Å². The Balaban J connectivity index is 1.90. The van der Waals surface area contributed by atoms with E-state index < -0.39 is 28.7 Å². The number of nitriles is 1. The summed E-state index contributed by atoms with van der Waals surface area (Å²) >= 11 is 0. The molecular formula is C28H29N3O9. The Labute approximate surface area is 230 Å². The van der Waals surface area contributed by atoms with Crippen molar-refractivity contribution in [2.24, 2.45) is 5.92 Å². The highest BCUT2D eigenvalue weighted by Crippen LogP contribution is 2.40. The summed E-state index contributed by atoms with van der Waals surface area (Å²) in [5.74, 6) is -2.84. The zero-order valence-electron chi connectivity index (χ0n) is 22.6. The molecule has 2 atom stereocenters. The number of hydrogen-bond acceptors (Lipinski definition) is 10. The molecule has 0 bridgehead atoms. The van der Waals surface area contributed by atoms with Crippen molar-refractivity contribution in [3.8, 4) is 23.3 Å². The summed E-state index contributed by atoms with van der Waals surface area (Å²) in [7, 11) is 4.41. The Kier molecular flexibility index (Phi) is 9.34. The molecule has 0 amide bonds. The number of nitro benzene ring substituents is 1. The molecule has 0 aliphatic carbocycles. The number of esters is 1. The van der Waals surface area contributed by atoms with Crippen LogP contribution in [0.2, 0.25) is 0 Å². The van der Waals surface area contributed by atoms with Gasteiger partial charge in [-0.05, 0) is 43.5 Å². The van der Waals surface area contributed by atoms with Crippen molar-refractivity contribution in [1.82, 2.24) is 5.32 Å². The van der Waals surface area contributed by atoms with Crippen molar-refractivity contribution in [3.05, 3.63) is 80.2 Å². The van der Waals surface area contributed by atoms with Crippen LogP contribution in [0, 0.1) is 27.4 Å². The highest BCUT2D eigenvalue weighted by atomic mass is 16.6. The number of nitrogens with zero attached hydrogens (tertiary/aromatic N) is 2. The van der Waals surface area contributed by atoms with E-state index in [-0.39, 0.29) is 41.1 Å². The number of carboxylic acids is 1. The monoisotopic (exact) mass is 551 g/mol. The Morgan fingerprint density at radius 2 is 1.70 bits per heavy atom. The maximum absolute atomic E-state index is 13.4. The Hall–Kier alpha value is -5.05. The van der Waals surface area contributed by atoms with Crippen LogP contribution in [-0.2, 0) is 20.7 Å². The van der Waals surface area contributed by atoms with Gasteiger partial charge < -0.3 is 29.4 Å². The lowest BCUT2D eigenvalue weighted by molar-refractivity contribution is -0.384. The van der Waals surface area contributed by atoms with Crippen molar-refractivity contribution in [3.63, 3.8) is 0 Å². The number of nitrogens with one attached hydrogen (secondary N) is 1. The third kappa shape index (κ3) is 6.15. The van der Waals surface area contributed by atoms with Crippen molar-refractivity contribution in [2.45, 2.75) is 26.2 Å². The maximum atomic E-state index is 13.4. The highest BCUT2D eigenvalue weighted by molar-refractivity contribution is 5.99. The number of dihydropyridines is 1. The molecule has 0 spiro atoms. The Morgan fingerprint density at radius 3 is 2.23 bits per heavy atom. The zero-order valence-corrected chi connectivity index (χ0v) is 22.6. The number of methoxy groups -OCH3 is 3. The van der Waals surface area contributed by atoms with Crippen molar-refractivity contribution in [2.75, 3.05) is 27.9 Å². The van der Waals surface area contributed by atoms with Crippen LogP contribution < -0.4 is 19.5 Å². The Bertz CT molecular complexity index is 1410. The van der Waals surface area contributed by atoms with Crippen LogP contribution in [0.25, 0.3) is 0 Å². The number of rotatable bonds is 11. The number of nitro groups is 1. The lowest BCUT2D eigenvalue weighted by Crippen LogP contribution is -2.32. The van der Waals surface area contributed by atoms with Crippen LogP contribution in [0.4, 0.5) is 5.69 Å². The number of carbonyl (C=O) groups is 2. The molecule has 2 unspecified atom stereocenters. The second-order valence-corrected chi connectivity index (χ2v) is 8.95. The summed E-state index contributed by atoms with van der Waals surface area (Å²) in [6, 6.07) is 10.9. The molecule has 40 heavy (non-hydrogen) atoms. The third-order valence-electron chi connectivity index (χ3n) is 6.43. The van der Waals surface area contributed by atoms with Crippen LogP contribution in [-0.4, -0.2) is 49.9 Å². The molecule has 2 N–H and O–H groups in total. The van der Waals surface area contributed by atoms with Gasteiger partial charge in [0.05, 0.1) is 55.3 Å². The van der Waals surface area contributed by atoms with Gasteiger partial charge >= 0.3 is 11.9 Å². The SMILES string of the molecule is COc1cc(CC(C#N)COC(=O)C2=C(C)NC(C)=C(C(=O)O)C2c2cccc([N+](=O)[O-])c2)cc(OC)c1OC. The number of carboxylic acid groups (broad SMARTS) is 1. The molecule has 12 nitrogen and oxygen atoms in total. The van der Waals surface area contributed by atoms with Crippen molar-refractivity contribution >= 4 is 17.6 Å². The fourth-order valence-electron chi connectivity index (χ4n) is 4.63. The van der Waals surface area contributed by atoms with E-state index in [9.17, 15) is 30.1 Å². The first kappa shape index (κ1) is 29.5. The average Bonchev–Trinajstić information content (AvgIpc) is 2.93. The topological polar surface area (TPSA) is 170 Å². The summed E-state index contributed by atoms with van der Waals surface area (Å²) in [5, 5.41) is 34.0. The van der Waals surface area contributed by atoms with Gasteiger partial charge in [-0.2, -0.15) is 5.26 Å². The lowest BCUT2D eigenvalue weighted by Gasteiger charge is -2.29. The summed E-state index contributed by atoms with van der Waals surface area (Å²) in [6.07, 6.45) is 0.185. The van der Waals surface area contributed by atoms with Crippen LogP contribution in [0.5, 0.6) is 17.2 Å². The van der Waals surface area contributed by atoms with Crippen LogP contribution in [0.1, 0.15) is 30.9 Å². The first-order chi connectivity index (χ1) is 19.1. The molecule has 0 fully saturated rings. The minimum atomic E-state index is -1.29. The molecule has 1 heterocycles. The van der Waals surface area contributed by atoms with Crippen LogP contribution in [0.3, 0.4) is 0 Å². The zero-order chi connectivity index (χ0) is 29.6. The second kappa shape index (κ2) is 12.7. The Morgan fingerprint density at radius 1 is 1.07 bits per heavy atom. The fourth-order valence-corrected chi connectivity index (χ4v) is 4.63. The minimum Gasteiger partial charge on any atom is -0.493 e. The number of ether oxygens (including phenoxy) is 4. The molecule has 210 valence electrons. The van der Waals surface area contributed by atoms with E-state index in [4.69, 9.17) is 18.9 Å². The van der Waals surface area contributed by atoms with E-state index in [1.54, 1.807) is 26.0 Å². The lowest BCUT2D eigenvalue weighted by atomic mass is 9.80. The first-order valence-corrected chi connectivity index (χ1v) is 12.1. The number of hydrogen-bond donors (Lipinski definition) is 2. The quantitative estimate of drug-likeness (QED) is 0.236. The standard InChI is InChI=1S/C28H29N3O9/c1-15-23(27(32)33)25(19-7-6-8-20(12-19)31(35)36)24(16(2)30-15)28(34)40-14-18(13-29)9-17-10-21(37-3)26(39-5)22(11-17)38-4/h6-8,10-12,18,25,30H,9,14H2,1-5H3,(H,32,33). The van der Waals surface area contributed by atoms with Gasteiger partial charge in [0.25, 0.3) is 5.69 Å². The van der Waals surface area contributed by atoms with Gasteiger partial charge in [0.2, 0.25) is 5.75 Å². The molecule has 0 saturated heterocycles. The highest BCUT2D eigenvalue weighted by Gasteiger charge is 2.38. The van der Waals surface area contributed by atoms with E-state index >= 15 is 0 Å². The van der Waals surface area contributed by atoms with Gasteiger partial charge in [-0.1, -0.05) is 12.1 Å². The van der Waals surface area contributed by atoms with Crippen molar-refractivity contribution < 1.29 is 38.6 Å². The number of allylic oxidation sites excluding steroid dienone is 2. The van der Waals surface area contributed by atoms with Crippen LogP contribution >= 0.6 is 0 Å². The average molecular weight is 552 g/mol. The van der Waals surface area contributed by atoms with Crippen LogP contribution in [0.15, 0.2) is 58.9 Å². The molecule has 1 aliphatic heterocycles. The second-order valence-electron chi connectivity index (χ2n) is 8.95. The molecule has 1 aliphatic rings. The third-order valence-corrected chi connectivity index (χ3v) is 6.43. The molecule has 0 radical (unpaired) electrons. The number of carbonyl (C=O) groups excluding carboxylic acids is 1. The van der Waals surface area contributed by atoms with Gasteiger partial charge in [0, 0.05) is 23.5 Å². The predicted molar refractivity (Wildman–Crippen MR) is 142 cm³/mol. The van der Waals surface area contributed by atoms with E-state index in [2.05, 4.69) is 11.4 Å². The van der Waals surface area contributed by atoms with Crippen molar-refractivity contribution in [1.29, 1.82) is 5.26 Å². The molecule has 12 heteroatoms. The fraction of sp³-hybridized carbons (Fsp3) is 0.321. The molecule has 0 saturated carbocycles. The summed E-state index contributed by atoms with van der Waals surface area (Å²) in [4.78, 5) is 36.4.